The molecule has 0 spiro atoms. The van der Waals surface area contributed by atoms with Gasteiger partial charge in [0.25, 0.3) is 5.91 Å². The summed E-state index contributed by atoms with van der Waals surface area (Å²) >= 11 is 11.7. The van der Waals surface area contributed by atoms with Crippen molar-refractivity contribution in [2.24, 2.45) is 0 Å². The summed E-state index contributed by atoms with van der Waals surface area (Å²) in [6.45, 7) is 0. The minimum atomic E-state index is -0.567. The first-order valence-electron chi connectivity index (χ1n) is 5.68. The smallest absolute Gasteiger partial charge is 0.255 e. The number of nitrogen functional groups attached to an aromatic ring is 1. The molecule has 0 bridgehead atoms. The molecule has 21 heavy (non-hydrogen) atoms. The third-order valence-electron chi connectivity index (χ3n) is 2.69. The van der Waals surface area contributed by atoms with Crippen molar-refractivity contribution in [3.8, 4) is 6.07 Å². The number of carbonyl (C=O) groups excluding carboxylic acids is 1. The van der Waals surface area contributed by atoms with Crippen LogP contribution in [-0.2, 0) is 0 Å². The Kier molecular flexibility index (Phi) is 4.32. The fourth-order valence-electron chi connectivity index (χ4n) is 1.63. The summed E-state index contributed by atoms with van der Waals surface area (Å²) in [5, 5.41) is 11.7. The molecule has 0 fully saturated rings. The predicted octanol–water partition coefficient (Wildman–Crippen LogP) is 3.84. The fourth-order valence-corrected chi connectivity index (χ4v) is 2.11. The van der Waals surface area contributed by atoms with Crippen LogP contribution in [0, 0.1) is 17.1 Å². The van der Waals surface area contributed by atoms with Crippen molar-refractivity contribution in [1.29, 1.82) is 5.26 Å². The topological polar surface area (TPSA) is 78.9 Å². The van der Waals surface area contributed by atoms with Gasteiger partial charge in [-0.3, -0.25) is 4.79 Å². The predicted molar refractivity (Wildman–Crippen MR) is 79.9 cm³/mol. The van der Waals surface area contributed by atoms with Crippen LogP contribution in [0.5, 0.6) is 0 Å². The highest BCUT2D eigenvalue weighted by molar-refractivity contribution is 6.39. The molecule has 106 valence electrons. The first-order chi connectivity index (χ1) is 9.92. The average Bonchev–Trinajstić information content (AvgIpc) is 2.45. The molecule has 2 aromatic carbocycles. The molecule has 0 saturated carbocycles. The highest BCUT2D eigenvalue weighted by Gasteiger charge is 2.13. The lowest BCUT2D eigenvalue weighted by molar-refractivity contribution is 0.102. The second-order valence-electron chi connectivity index (χ2n) is 4.11. The van der Waals surface area contributed by atoms with Crippen molar-refractivity contribution in [2.45, 2.75) is 0 Å². The Hall–Kier alpha value is -2.29. The van der Waals surface area contributed by atoms with Gasteiger partial charge in [0.1, 0.15) is 11.9 Å². The van der Waals surface area contributed by atoms with E-state index in [1.54, 1.807) is 6.07 Å². The molecule has 2 aromatic rings. The van der Waals surface area contributed by atoms with E-state index in [1.165, 1.54) is 18.2 Å². The number of benzene rings is 2. The first-order valence-corrected chi connectivity index (χ1v) is 6.43. The standard InChI is InChI=1S/C14H8Cl2FN3O/c15-10-4-7(5-11(16)13(10)19)14(21)20-12-2-1-9(17)3-8(12)6-18/h1-5H,19H2,(H,20,21). The number of halogens is 3. The molecule has 0 aliphatic rings. The SMILES string of the molecule is N#Cc1cc(F)ccc1NC(=O)c1cc(Cl)c(N)c(Cl)c1. The lowest BCUT2D eigenvalue weighted by Gasteiger charge is -2.09. The fraction of sp³-hybridized carbons (Fsp3) is 0. The summed E-state index contributed by atoms with van der Waals surface area (Å²) in [5.41, 5.74) is 6.13. The van der Waals surface area contributed by atoms with Crippen molar-refractivity contribution in [2.75, 3.05) is 11.1 Å². The minimum absolute atomic E-state index is 0.0102. The molecule has 0 saturated heterocycles. The largest absolute Gasteiger partial charge is 0.396 e. The summed E-state index contributed by atoms with van der Waals surface area (Å²) in [6, 6.07) is 7.97. The zero-order valence-electron chi connectivity index (χ0n) is 10.5. The monoisotopic (exact) mass is 323 g/mol. The Morgan fingerprint density at radius 3 is 2.43 bits per heavy atom. The Morgan fingerprint density at radius 2 is 1.86 bits per heavy atom. The highest BCUT2D eigenvalue weighted by Crippen LogP contribution is 2.29. The van der Waals surface area contributed by atoms with Crippen LogP contribution >= 0.6 is 23.2 Å². The number of anilines is 2. The Morgan fingerprint density at radius 1 is 1.24 bits per heavy atom. The van der Waals surface area contributed by atoms with E-state index >= 15 is 0 Å². The third kappa shape index (κ3) is 3.24. The molecule has 0 aromatic heterocycles. The molecule has 0 unspecified atom stereocenters. The molecule has 0 aliphatic carbocycles. The van der Waals surface area contributed by atoms with Crippen molar-refractivity contribution < 1.29 is 9.18 Å². The second-order valence-corrected chi connectivity index (χ2v) is 4.92. The number of nitriles is 1. The number of amides is 1. The average molecular weight is 324 g/mol. The highest BCUT2D eigenvalue weighted by atomic mass is 35.5. The maximum Gasteiger partial charge on any atom is 0.255 e. The van der Waals surface area contributed by atoms with Crippen molar-refractivity contribution >= 4 is 40.5 Å². The molecule has 4 nitrogen and oxygen atoms in total. The second kappa shape index (κ2) is 6.00. The molecular weight excluding hydrogens is 316 g/mol. The maximum absolute atomic E-state index is 13.0. The maximum atomic E-state index is 13.0. The number of hydrogen-bond donors (Lipinski definition) is 2. The summed E-state index contributed by atoms with van der Waals surface area (Å²) in [7, 11) is 0. The molecule has 7 heteroatoms. The van der Waals surface area contributed by atoms with Crippen molar-refractivity contribution in [3.05, 3.63) is 57.3 Å². The van der Waals surface area contributed by atoms with Gasteiger partial charge in [-0.1, -0.05) is 23.2 Å². The molecule has 2 rings (SSSR count). The lowest BCUT2D eigenvalue weighted by atomic mass is 10.1. The van der Waals surface area contributed by atoms with Crippen LogP contribution in [0.3, 0.4) is 0 Å². The van der Waals surface area contributed by atoms with Gasteiger partial charge in [0.05, 0.1) is 27.0 Å². The molecule has 0 aliphatic heterocycles. The van der Waals surface area contributed by atoms with E-state index in [0.29, 0.717) is 0 Å². The van der Waals surface area contributed by atoms with Crippen LogP contribution in [0.25, 0.3) is 0 Å². The van der Waals surface area contributed by atoms with Crippen LogP contribution in [0.1, 0.15) is 15.9 Å². The zero-order chi connectivity index (χ0) is 15.6. The Labute approximate surface area is 129 Å². The van der Waals surface area contributed by atoms with E-state index in [4.69, 9.17) is 34.2 Å². The number of hydrogen-bond acceptors (Lipinski definition) is 3. The normalized spacial score (nSPS) is 10.0. The van der Waals surface area contributed by atoms with Crippen LogP contribution < -0.4 is 11.1 Å². The van der Waals surface area contributed by atoms with Gasteiger partial charge in [0.15, 0.2) is 0 Å². The van der Waals surface area contributed by atoms with E-state index in [0.717, 1.165) is 12.1 Å². The molecule has 0 atom stereocenters. The van der Waals surface area contributed by atoms with Gasteiger partial charge in [-0.15, -0.1) is 0 Å². The first kappa shape index (κ1) is 15.1. The van der Waals surface area contributed by atoms with Crippen LogP contribution in [0.2, 0.25) is 10.0 Å². The number of nitrogens with zero attached hydrogens (tertiary/aromatic N) is 1. The van der Waals surface area contributed by atoms with Gasteiger partial charge in [-0.25, -0.2) is 4.39 Å². The molecule has 0 heterocycles. The van der Waals surface area contributed by atoms with Gasteiger partial charge >= 0.3 is 0 Å². The minimum Gasteiger partial charge on any atom is -0.396 e. The van der Waals surface area contributed by atoms with E-state index in [1.807, 2.05) is 0 Å². The molecule has 1 amide bonds. The number of carbonyl (C=O) groups is 1. The summed E-state index contributed by atoms with van der Waals surface area (Å²) in [6.07, 6.45) is 0. The molecule has 0 radical (unpaired) electrons. The molecular formula is C14H8Cl2FN3O. The van der Waals surface area contributed by atoms with Crippen LogP contribution in [0.4, 0.5) is 15.8 Å². The number of nitrogens with one attached hydrogen (secondary N) is 1. The van der Waals surface area contributed by atoms with Crippen LogP contribution in [0.15, 0.2) is 30.3 Å². The Bertz CT molecular complexity index is 748. The van der Waals surface area contributed by atoms with Crippen LogP contribution in [-0.4, -0.2) is 5.91 Å². The molecule has 3 N–H and O–H groups in total. The lowest BCUT2D eigenvalue weighted by Crippen LogP contribution is -2.13. The number of rotatable bonds is 2. The summed E-state index contributed by atoms with van der Waals surface area (Å²) in [5.74, 6) is -1.11. The Balaban J connectivity index is 2.33. The van der Waals surface area contributed by atoms with Crippen molar-refractivity contribution in [1.82, 2.24) is 0 Å². The summed E-state index contributed by atoms with van der Waals surface area (Å²) < 4.78 is 13.0. The van der Waals surface area contributed by atoms with E-state index in [-0.39, 0.29) is 32.5 Å². The van der Waals surface area contributed by atoms with E-state index < -0.39 is 11.7 Å². The summed E-state index contributed by atoms with van der Waals surface area (Å²) in [4.78, 5) is 12.1. The quantitative estimate of drug-likeness (QED) is 0.824. The van der Waals surface area contributed by atoms with Gasteiger partial charge in [-0.05, 0) is 30.3 Å². The van der Waals surface area contributed by atoms with E-state index in [9.17, 15) is 9.18 Å². The number of nitrogens with two attached hydrogens (primary N) is 1. The van der Waals surface area contributed by atoms with E-state index in [2.05, 4.69) is 5.32 Å². The van der Waals surface area contributed by atoms with Gasteiger partial charge in [0, 0.05) is 5.56 Å². The van der Waals surface area contributed by atoms with Gasteiger partial charge < -0.3 is 11.1 Å². The third-order valence-corrected chi connectivity index (χ3v) is 3.32. The zero-order valence-corrected chi connectivity index (χ0v) is 12.0. The van der Waals surface area contributed by atoms with Gasteiger partial charge in [-0.2, -0.15) is 5.26 Å². The van der Waals surface area contributed by atoms with Gasteiger partial charge in [0.2, 0.25) is 0 Å². The van der Waals surface area contributed by atoms with Crippen molar-refractivity contribution in [3.63, 3.8) is 0 Å².